The fourth-order valence-corrected chi connectivity index (χ4v) is 0.978. The molecule has 0 saturated carbocycles. The first kappa shape index (κ1) is 11.9. The lowest BCUT2D eigenvalue weighted by molar-refractivity contribution is -0.137. The van der Waals surface area contributed by atoms with Crippen LogP contribution in [0.2, 0.25) is 0 Å². The molecular formula is C9H11F3N2O. The van der Waals surface area contributed by atoms with E-state index in [0.29, 0.717) is 5.69 Å². The lowest BCUT2D eigenvalue weighted by atomic mass is 10.0. The van der Waals surface area contributed by atoms with Gasteiger partial charge in [-0.3, -0.25) is 9.82 Å². The lowest BCUT2D eigenvalue weighted by Crippen LogP contribution is -2.26. The molecule has 3 nitrogen and oxygen atoms in total. The smallest absolute Gasteiger partial charge is 0.292 e. The molecule has 1 aromatic heterocycles. The number of pyridine rings is 1. The Morgan fingerprint density at radius 2 is 1.87 bits per heavy atom. The van der Waals surface area contributed by atoms with Crippen LogP contribution in [-0.2, 0) is 16.6 Å². The molecule has 15 heavy (non-hydrogen) atoms. The number of aromatic nitrogens is 1. The van der Waals surface area contributed by atoms with E-state index in [-0.39, 0.29) is 0 Å². The number of hydrogen-bond acceptors (Lipinski definition) is 3. The van der Waals surface area contributed by atoms with E-state index >= 15 is 0 Å². The minimum Gasteiger partial charge on any atom is -0.292 e. The van der Waals surface area contributed by atoms with Gasteiger partial charge in [0.05, 0.1) is 11.3 Å². The molecule has 6 heteroatoms. The number of rotatable bonds is 2. The second-order valence-corrected chi connectivity index (χ2v) is 3.56. The first-order valence-electron chi connectivity index (χ1n) is 4.19. The molecule has 1 aromatic rings. The van der Waals surface area contributed by atoms with Gasteiger partial charge in [0.25, 0.3) is 0 Å². The van der Waals surface area contributed by atoms with Gasteiger partial charge < -0.3 is 0 Å². The zero-order valence-corrected chi connectivity index (χ0v) is 8.30. The normalized spacial score (nSPS) is 12.9. The third-order valence-corrected chi connectivity index (χ3v) is 2.00. The molecule has 0 atom stereocenters. The van der Waals surface area contributed by atoms with Crippen molar-refractivity contribution in [2.45, 2.75) is 25.6 Å². The van der Waals surface area contributed by atoms with Crippen molar-refractivity contribution in [3.05, 3.63) is 29.6 Å². The largest absolute Gasteiger partial charge is 0.417 e. The summed E-state index contributed by atoms with van der Waals surface area (Å²) in [6, 6.07) is 2.19. The minimum atomic E-state index is -4.38. The fourth-order valence-electron chi connectivity index (χ4n) is 0.978. The molecule has 0 amide bonds. The summed E-state index contributed by atoms with van der Waals surface area (Å²) in [4.78, 5) is 8.27. The molecule has 0 aromatic carbocycles. The average molecular weight is 220 g/mol. The van der Waals surface area contributed by atoms with Gasteiger partial charge in [-0.05, 0) is 26.0 Å². The number of alkyl halides is 3. The quantitative estimate of drug-likeness (QED) is 0.777. The summed E-state index contributed by atoms with van der Waals surface area (Å²) < 4.78 is 36.6. The monoisotopic (exact) mass is 220 g/mol. The van der Waals surface area contributed by atoms with Crippen LogP contribution in [0.25, 0.3) is 0 Å². The summed E-state index contributed by atoms with van der Waals surface area (Å²) in [6.07, 6.45) is -3.62. The first-order chi connectivity index (χ1) is 6.77. The highest BCUT2D eigenvalue weighted by molar-refractivity contribution is 5.20. The van der Waals surface area contributed by atoms with E-state index < -0.39 is 17.3 Å². The number of halogens is 3. The van der Waals surface area contributed by atoms with Crippen LogP contribution in [0.5, 0.6) is 0 Å². The third-order valence-electron chi connectivity index (χ3n) is 2.00. The number of nitrogens with zero attached hydrogens (tertiary/aromatic N) is 1. The Bertz CT molecular complexity index is 332. The van der Waals surface area contributed by atoms with Crippen LogP contribution < -0.4 is 5.90 Å². The van der Waals surface area contributed by atoms with Gasteiger partial charge in [-0.25, -0.2) is 5.90 Å². The molecule has 84 valence electrons. The van der Waals surface area contributed by atoms with Gasteiger partial charge in [-0.2, -0.15) is 13.2 Å². The zero-order valence-electron chi connectivity index (χ0n) is 8.30. The predicted molar refractivity (Wildman–Crippen MR) is 47.5 cm³/mol. The van der Waals surface area contributed by atoms with Gasteiger partial charge in [0, 0.05) is 6.20 Å². The summed E-state index contributed by atoms with van der Waals surface area (Å²) >= 11 is 0. The fraction of sp³-hybridized carbons (Fsp3) is 0.444. The second-order valence-electron chi connectivity index (χ2n) is 3.56. The van der Waals surface area contributed by atoms with E-state index in [1.165, 1.54) is 6.07 Å². The summed E-state index contributed by atoms with van der Waals surface area (Å²) in [5.41, 5.74) is -1.35. The van der Waals surface area contributed by atoms with Gasteiger partial charge in [0.2, 0.25) is 0 Å². The highest BCUT2D eigenvalue weighted by atomic mass is 19.4. The molecule has 0 fully saturated rings. The van der Waals surface area contributed by atoms with Crippen molar-refractivity contribution in [2.75, 3.05) is 0 Å². The summed E-state index contributed by atoms with van der Waals surface area (Å²) in [7, 11) is 0. The molecule has 0 spiro atoms. The molecule has 0 aliphatic heterocycles. The standard InChI is InChI=1S/C9H11F3N2O/c1-8(2,15-13)7-4-3-6(5-14-7)9(10,11)12/h3-5H,13H2,1-2H3. The van der Waals surface area contributed by atoms with Gasteiger partial charge in [0.15, 0.2) is 0 Å². The number of nitrogens with two attached hydrogens (primary N) is 1. The maximum Gasteiger partial charge on any atom is 0.417 e. The van der Waals surface area contributed by atoms with E-state index in [2.05, 4.69) is 9.82 Å². The van der Waals surface area contributed by atoms with Crippen LogP contribution in [-0.4, -0.2) is 4.98 Å². The maximum absolute atomic E-state index is 12.2. The molecule has 1 heterocycles. The van der Waals surface area contributed by atoms with Crippen LogP contribution in [0, 0.1) is 0 Å². The van der Waals surface area contributed by atoms with Crippen molar-refractivity contribution >= 4 is 0 Å². The van der Waals surface area contributed by atoms with Crippen molar-refractivity contribution in [3.63, 3.8) is 0 Å². The van der Waals surface area contributed by atoms with Crippen LogP contribution >= 0.6 is 0 Å². The van der Waals surface area contributed by atoms with Crippen LogP contribution in [0.3, 0.4) is 0 Å². The molecule has 2 N–H and O–H groups in total. The van der Waals surface area contributed by atoms with E-state index in [1.54, 1.807) is 13.8 Å². The van der Waals surface area contributed by atoms with E-state index in [4.69, 9.17) is 5.90 Å². The van der Waals surface area contributed by atoms with Gasteiger partial charge >= 0.3 is 6.18 Å². The van der Waals surface area contributed by atoms with Gasteiger partial charge in [-0.1, -0.05) is 0 Å². The number of hydrogen-bond donors (Lipinski definition) is 1. The molecule has 0 aliphatic carbocycles. The van der Waals surface area contributed by atoms with Gasteiger partial charge in [-0.15, -0.1) is 0 Å². The Morgan fingerprint density at radius 3 is 2.20 bits per heavy atom. The van der Waals surface area contributed by atoms with Crippen LogP contribution in [0.4, 0.5) is 13.2 Å². The summed E-state index contributed by atoms with van der Waals surface area (Å²) in [5.74, 6) is 5.00. The van der Waals surface area contributed by atoms with E-state index in [9.17, 15) is 13.2 Å². The predicted octanol–water partition coefficient (Wildman–Crippen LogP) is 2.23. The molecule has 0 aliphatic rings. The Kier molecular flexibility index (Phi) is 3.01. The first-order valence-corrected chi connectivity index (χ1v) is 4.19. The Labute approximate surface area is 85.0 Å². The van der Waals surface area contributed by atoms with Crippen LogP contribution in [0.1, 0.15) is 25.1 Å². The zero-order chi connectivity index (χ0) is 11.7. The Hall–Kier alpha value is -1.14. The lowest BCUT2D eigenvalue weighted by Gasteiger charge is -2.21. The molecule has 0 radical (unpaired) electrons. The molecular weight excluding hydrogens is 209 g/mol. The third kappa shape index (κ3) is 2.66. The highest BCUT2D eigenvalue weighted by Crippen LogP contribution is 2.30. The summed E-state index contributed by atoms with van der Waals surface area (Å²) in [5, 5.41) is 0. The summed E-state index contributed by atoms with van der Waals surface area (Å²) in [6.45, 7) is 3.23. The van der Waals surface area contributed by atoms with E-state index in [1.807, 2.05) is 0 Å². The van der Waals surface area contributed by atoms with E-state index in [0.717, 1.165) is 12.3 Å². The SMILES string of the molecule is CC(C)(ON)c1ccc(C(F)(F)F)cn1. The van der Waals surface area contributed by atoms with Crippen molar-refractivity contribution in [1.82, 2.24) is 4.98 Å². The Morgan fingerprint density at radius 1 is 1.27 bits per heavy atom. The van der Waals surface area contributed by atoms with Crippen molar-refractivity contribution in [3.8, 4) is 0 Å². The molecule has 1 rings (SSSR count). The van der Waals surface area contributed by atoms with Crippen molar-refractivity contribution in [2.24, 2.45) is 5.90 Å². The average Bonchev–Trinajstić information content (AvgIpc) is 2.17. The molecule has 0 saturated heterocycles. The van der Waals surface area contributed by atoms with Gasteiger partial charge in [0.1, 0.15) is 5.60 Å². The topological polar surface area (TPSA) is 48.1 Å². The highest BCUT2D eigenvalue weighted by Gasteiger charge is 2.31. The van der Waals surface area contributed by atoms with Crippen LogP contribution in [0.15, 0.2) is 18.3 Å². The minimum absolute atomic E-state index is 0.345. The molecule has 0 bridgehead atoms. The maximum atomic E-state index is 12.2. The second kappa shape index (κ2) is 3.79. The molecule has 0 unspecified atom stereocenters. The Balaban J connectivity index is 3.01. The van der Waals surface area contributed by atoms with Crippen molar-refractivity contribution < 1.29 is 18.0 Å². The van der Waals surface area contributed by atoms with Crippen molar-refractivity contribution in [1.29, 1.82) is 0 Å².